The van der Waals surface area contributed by atoms with Crippen LogP contribution in [0.25, 0.3) is 11.1 Å². The van der Waals surface area contributed by atoms with Crippen molar-refractivity contribution >= 4 is 17.6 Å². The minimum Gasteiger partial charge on any atom is -0.481 e. The van der Waals surface area contributed by atoms with E-state index >= 15 is 0 Å². The van der Waals surface area contributed by atoms with Gasteiger partial charge in [-0.15, -0.1) is 0 Å². The zero-order valence-corrected chi connectivity index (χ0v) is 18.8. The molecule has 1 aliphatic carbocycles. The van der Waals surface area contributed by atoms with Gasteiger partial charge in [0.1, 0.15) is 0 Å². The fourth-order valence-corrected chi connectivity index (χ4v) is 4.47. The third-order valence-corrected chi connectivity index (χ3v) is 6.63. The predicted octanol–water partition coefficient (Wildman–Crippen LogP) is 4.54. The van der Waals surface area contributed by atoms with Crippen LogP contribution in [-0.2, 0) is 15.0 Å². The lowest BCUT2D eigenvalue weighted by Crippen LogP contribution is -2.27. The fourth-order valence-electron chi connectivity index (χ4n) is 4.47. The van der Waals surface area contributed by atoms with Crippen molar-refractivity contribution in [3.8, 4) is 22.6 Å². The van der Waals surface area contributed by atoms with Gasteiger partial charge in [0.15, 0.2) is 11.5 Å². The van der Waals surface area contributed by atoms with Crippen LogP contribution in [0.5, 0.6) is 11.5 Å². The number of amides is 1. The Morgan fingerprint density at radius 2 is 1.85 bits per heavy atom. The van der Waals surface area contributed by atoms with Crippen molar-refractivity contribution in [1.29, 1.82) is 0 Å². The molecule has 1 unspecified atom stereocenters. The van der Waals surface area contributed by atoms with Crippen molar-refractivity contribution in [3.05, 3.63) is 77.4 Å². The minimum absolute atomic E-state index is 0.0431. The van der Waals surface area contributed by atoms with Crippen molar-refractivity contribution in [3.63, 3.8) is 0 Å². The molecule has 2 aliphatic rings. The average molecular weight is 459 g/mol. The van der Waals surface area contributed by atoms with E-state index in [-0.39, 0.29) is 19.1 Å². The molecule has 1 saturated carbocycles. The van der Waals surface area contributed by atoms with Crippen LogP contribution >= 0.6 is 0 Å². The van der Waals surface area contributed by atoms with E-state index in [1.54, 1.807) is 0 Å². The number of nitrogens with one attached hydrogen (secondary N) is 1. The van der Waals surface area contributed by atoms with E-state index in [0.717, 1.165) is 40.7 Å². The van der Waals surface area contributed by atoms with E-state index in [2.05, 4.69) is 5.32 Å². The number of carboxylic acid groups (broad SMARTS) is 1. The second-order valence-electron chi connectivity index (χ2n) is 8.96. The van der Waals surface area contributed by atoms with Crippen LogP contribution in [0, 0.1) is 6.92 Å². The number of carbonyl (C=O) groups is 2. The highest BCUT2D eigenvalue weighted by Crippen LogP contribution is 2.51. The number of ether oxygens (including phenoxy) is 2. The first-order chi connectivity index (χ1) is 16.4. The van der Waals surface area contributed by atoms with Gasteiger partial charge >= 0.3 is 5.97 Å². The lowest BCUT2D eigenvalue weighted by molar-refractivity contribution is -0.137. The van der Waals surface area contributed by atoms with Crippen LogP contribution in [0.2, 0.25) is 0 Å². The molecule has 0 aromatic heterocycles. The van der Waals surface area contributed by atoms with Crippen LogP contribution in [0.3, 0.4) is 0 Å². The van der Waals surface area contributed by atoms with Crippen LogP contribution in [0.15, 0.2) is 60.7 Å². The molecular formula is C27H26N2O5. The summed E-state index contributed by atoms with van der Waals surface area (Å²) in [4.78, 5) is 24.4. The summed E-state index contributed by atoms with van der Waals surface area (Å²) in [6, 6.07) is 18.5. The van der Waals surface area contributed by atoms with E-state index < -0.39 is 17.4 Å². The summed E-state index contributed by atoms with van der Waals surface area (Å²) in [7, 11) is 0. The third-order valence-electron chi connectivity index (χ3n) is 6.63. The highest BCUT2D eigenvalue weighted by molar-refractivity contribution is 6.02. The van der Waals surface area contributed by atoms with Crippen LogP contribution in [0.1, 0.15) is 42.0 Å². The van der Waals surface area contributed by atoms with Gasteiger partial charge in [-0.3, -0.25) is 9.59 Å². The Morgan fingerprint density at radius 1 is 1.06 bits per heavy atom. The quantitative estimate of drug-likeness (QED) is 0.480. The van der Waals surface area contributed by atoms with Crippen LogP contribution in [0.4, 0.5) is 5.69 Å². The number of aryl methyl sites for hydroxylation is 1. The standard InChI is InChI=1S/C27H26N2O5/c1-16-5-7-20(13-21(16)17-3-2-4-18(11-17)22(28)14-25(30)31)29-26(32)27(9-10-27)19-6-8-23-24(12-19)34-15-33-23/h2-8,11-13,22H,9-10,14-15,28H2,1H3,(H,29,32)(H,30,31). The number of hydrogen-bond acceptors (Lipinski definition) is 5. The number of hydrogen-bond donors (Lipinski definition) is 3. The van der Waals surface area contributed by atoms with E-state index in [0.29, 0.717) is 17.2 Å². The number of carboxylic acids is 1. The summed E-state index contributed by atoms with van der Waals surface area (Å²) in [5, 5.41) is 12.2. The molecule has 1 aliphatic heterocycles. The van der Waals surface area contributed by atoms with Gasteiger partial charge in [0.25, 0.3) is 0 Å². The molecule has 5 rings (SSSR count). The Balaban J connectivity index is 1.38. The van der Waals surface area contributed by atoms with Gasteiger partial charge in [-0.2, -0.15) is 0 Å². The number of aliphatic carboxylic acids is 1. The molecule has 174 valence electrons. The molecule has 1 atom stereocenters. The molecule has 0 radical (unpaired) electrons. The van der Waals surface area contributed by atoms with Gasteiger partial charge in [-0.1, -0.05) is 30.3 Å². The zero-order chi connectivity index (χ0) is 23.9. The van der Waals surface area contributed by atoms with Gasteiger partial charge in [0.05, 0.1) is 11.8 Å². The Hall–Kier alpha value is -3.84. The molecule has 34 heavy (non-hydrogen) atoms. The Labute approximate surface area is 197 Å². The lowest BCUT2D eigenvalue weighted by atomic mass is 9.93. The lowest BCUT2D eigenvalue weighted by Gasteiger charge is -2.18. The summed E-state index contributed by atoms with van der Waals surface area (Å²) < 4.78 is 10.9. The summed E-state index contributed by atoms with van der Waals surface area (Å²) in [6.45, 7) is 2.20. The highest BCUT2D eigenvalue weighted by Gasteiger charge is 2.51. The van der Waals surface area contributed by atoms with E-state index in [1.807, 2.05) is 67.6 Å². The minimum atomic E-state index is -0.935. The van der Waals surface area contributed by atoms with Crippen molar-refractivity contribution in [2.24, 2.45) is 5.73 Å². The van der Waals surface area contributed by atoms with Gasteiger partial charge in [0, 0.05) is 11.7 Å². The number of benzene rings is 3. The number of fused-ring (bicyclic) bond motifs is 1. The fraction of sp³-hybridized carbons (Fsp3) is 0.259. The number of rotatable bonds is 7. The highest BCUT2D eigenvalue weighted by atomic mass is 16.7. The van der Waals surface area contributed by atoms with Crippen molar-refractivity contribution < 1.29 is 24.2 Å². The van der Waals surface area contributed by atoms with Gasteiger partial charge < -0.3 is 25.6 Å². The first-order valence-electron chi connectivity index (χ1n) is 11.3. The monoisotopic (exact) mass is 458 g/mol. The van der Waals surface area contributed by atoms with Gasteiger partial charge in [-0.05, 0) is 77.9 Å². The Bertz CT molecular complexity index is 1280. The Kier molecular flexibility index (Phi) is 5.49. The molecule has 0 bridgehead atoms. The molecule has 4 N–H and O–H groups in total. The molecule has 7 heteroatoms. The molecule has 3 aromatic rings. The third kappa shape index (κ3) is 4.10. The molecule has 1 heterocycles. The Morgan fingerprint density at radius 3 is 2.62 bits per heavy atom. The number of anilines is 1. The van der Waals surface area contributed by atoms with E-state index in [9.17, 15) is 9.59 Å². The summed E-state index contributed by atoms with van der Waals surface area (Å²) in [5.41, 5.74) is 10.8. The topological polar surface area (TPSA) is 111 Å². The maximum atomic E-state index is 13.3. The summed E-state index contributed by atoms with van der Waals surface area (Å²) in [5.74, 6) is 0.400. The van der Waals surface area contributed by atoms with Crippen molar-refractivity contribution in [1.82, 2.24) is 0 Å². The normalized spacial score (nSPS) is 16.1. The number of nitrogens with two attached hydrogens (primary N) is 1. The molecule has 0 spiro atoms. The van der Waals surface area contributed by atoms with Crippen molar-refractivity contribution in [2.75, 3.05) is 12.1 Å². The molecule has 0 saturated heterocycles. The zero-order valence-electron chi connectivity index (χ0n) is 18.8. The molecule has 1 fully saturated rings. The molecular weight excluding hydrogens is 432 g/mol. The molecule has 1 amide bonds. The predicted molar refractivity (Wildman–Crippen MR) is 128 cm³/mol. The SMILES string of the molecule is Cc1ccc(NC(=O)C2(c3ccc4c(c3)OCO4)CC2)cc1-c1cccc(C(N)CC(=O)O)c1. The average Bonchev–Trinajstić information content (AvgIpc) is 3.51. The summed E-state index contributed by atoms with van der Waals surface area (Å²) >= 11 is 0. The van der Waals surface area contributed by atoms with E-state index in [4.69, 9.17) is 20.3 Å². The van der Waals surface area contributed by atoms with Crippen LogP contribution in [-0.4, -0.2) is 23.8 Å². The summed E-state index contributed by atoms with van der Waals surface area (Å²) in [6.07, 6.45) is 1.42. The first kappa shape index (κ1) is 22.0. The second kappa shape index (κ2) is 8.50. The molecule has 3 aromatic carbocycles. The maximum absolute atomic E-state index is 13.3. The van der Waals surface area contributed by atoms with Crippen LogP contribution < -0.4 is 20.5 Å². The van der Waals surface area contributed by atoms with Gasteiger partial charge in [0.2, 0.25) is 12.7 Å². The number of carbonyl (C=O) groups excluding carboxylic acids is 1. The van der Waals surface area contributed by atoms with Crippen molar-refractivity contribution in [2.45, 2.75) is 37.6 Å². The van der Waals surface area contributed by atoms with E-state index in [1.165, 1.54) is 0 Å². The maximum Gasteiger partial charge on any atom is 0.305 e. The largest absolute Gasteiger partial charge is 0.481 e. The van der Waals surface area contributed by atoms with Gasteiger partial charge in [-0.25, -0.2) is 0 Å². The first-order valence-corrected chi connectivity index (χ1v) is 11.3. The smallest absolute Gasteiger partial charge is 0.305 e. The second-order valence-corrected chi connectivity index (χ2v) is 8.96. The molecule has 7 nitrogen and oxygen atoms in total.